The second-order valence-corrected chi connectivity index (χ2v) is 7.58. The second-order valence-electron chi connectivity index (χ2n) is 7.58. The van der Waals surface area contributed by atoms with Gasteiger partial charge in [-0.15, -0.1) is 0 Å². The van der Waals surface area contributed by atoms with Crippen molar-refractivity contribution >= 4 is 16.9 Å². The molecule has 1 aliphatic carbocycles. The highest BCUT2D eigenvalue weighted by molar-refractivity contribution is 6.04. The quantitative estimate of drug-likeness (QED) is 0.466. The number of hydrogen-bond donors (Lipinski definition) is 3. The lowest BCUT2D eigenvalue weighted by molar-refractivity contribution is 0.100. The number of hydrogen-bond acceptors (Lipinski definition) is 3. The molecule has 5 heteroatoms. The van der Waals surface area contributed by atoms with Crippen molar-refractivity contribution in [1.82, 2.24) is 15.3 Å². The van der Waals surface area contributed by atoms with E-state index in [0.29, 0.717) is 17.1 Å². The first-order chi connectivity index (χ1) is 14.2. The van der Waals surface area contributed by atoms with Crippen molar-refractivity contribution in [1.29, 1.82) is 0 Å². The lowest BCUT2D eigenvalue weighted by Gasteiger charge is -2.07. The SMILES string of the molecule is NC(=O)c1cccc2[nH]c(-c3ccc(-c4cccc(CNC5CC5)c4)cc3)nc12. The minimum absolute atomic E-state index is 0.429. The molecule has 5 nitrogen and oxygen atoms in total. The number of fused-ring (bicyclic) bond motifs is 1. The fraction of sp³-hybridized carbons (Fsp3) is 0.167. The Hall–Kier alpha value is -3.44. The molecular formula is C24H22N4O. The van der Waals surface area contributed by atoms with Crippen molar-refractivity contribution < 1.29 is 4.79 Å². The molecule has 1 aromatic heterocycles. The molecule has 0 atom stereocenters. The molecule has 4 N–H and O–H groups in total. The second kappa shape index (κ2) is 7.18. The van der Waals surface area contributed by atoms with Gasteiger partial charge in [0.2, 0.25) is 0 Å². The van der Waals surface area contributed by atoms with Crippen LogP contribution in [0.4, 0.5) is 0 Å². The van der Waals surface area contributed by atoms with Gasteiger partial charge in [-0.2, -0.15) is 0 Å². The number of benzene rings is 3. The molecule has 1 aliphatic rings. The number of aromatic amines is 1. The Kier molecular flexibility index (Phi) is 4.37. The third kappa shape index (κ3) is 3.65. The summed E-state index contributed by atoms with van der Waals surface area (Å²) in [6, 6.07) is 23.1. The molecule has 1 amide bonds. The van der Waals surface area contributed by atoms with Gasteiger partial charge < -0.3 is 16.0 Å². The molecule has 1 heterocycles. The average molecular weight is 382 g/mol. The Morgan fingerprint density at radius 2 is 1.76 bits per heavy atom. The van der Waals surface area contributed by atoms with Crippen LogP contribution in [0.25, 0.3) is 33.5 Å². The molecule has 0 unspecified atom stereocenters. The van der Waals surface area contributed by atoms with Crippen molar-refractivity contribution in [3.05, 3.63) is 77.9 Å². The van der Waals surface area contributed by atoms with Crippen LogP contribution in [0.2, 0.25) is 0 Å². The number of carbonyl (C=O) groups is 1. The fourth-order valence-electron chi connectivity index (χ4n) is 3.60. The molecule has 3 aromatic carbocycles. The van der Waals surface area contributed by atoms with Gasteiger partial charge in [0.1, 0.15) is 11.3 Å². The first-order valence-electron chi connectivity index (χ1n) is 9.89. The molecule has 0 saturated heterocycles. The molecule has 0 aliphatic heterocycles. The highest BCUT2D eigenvalue weighted by Crippen LogP contribution is 2.27. The van der Waals surface area contributed by atoms with E-state index in [1.165, 1.54) is 24.0 Å². The van der Waals surface area contributed by atoms with Gasteiger partial charge in [-0.25, -0.2) is 4.98 Å². The Morgan fingerprint density at radius 1 is 1.00 bits per heavy atom. The van der Waals surface area contributed by atoms with Crippen LogP contribution in [-0.4, -0.2) is 21.9 Å². The van der Waals surface area contributed by atoms with Gasteiger partial charge in [0, 0.05) is 18.2 Å². The zero-order valence-electron chi connectivity index (χ0n) is 16.0. The summed E-state index contributed by atoms with van der Waals surface area (Å²) in [7, 11) is 0. The maximum absolute atomic E-state index is 11.6. The van der Waals surface area contributed by atoms with Crippen LogP contribution in [0.5, 0.6) is 0 Å². The Balaban J connectivity index is 1.42. The number of carbonyl (C=O) groups excluding carboxylic acids is 1. The van der Waals surface area contributed by atoms with Gasteiger partial charge in [0.05, 0.1) is 11.1 Å². The predicted octanol–water partition coefficient (Wildman–Crippen LogP) is 4.25. The van der Waals surface area contributed by atoms with Gasteiger partial charge in [-0.3, -0.25) is 4.79 Å². The summed E-state index contributed by atoms with van der Waals surface area (Å²) in [4.78, 5) is 19.5. The van der Waals surface area contributed by atoms with E-state index >= 15 is 0 Å². The topological polar surface area (TPSA) is 83.8 Å². The van der Waals surface area contributed by atoms with E-state index in [2.05, 4.69) is 51.7 Å². The van der Waals surface area contributed by atoms with Gasteiger partial charge in [0.15, 0.2) is 0 Å². The Labute approximate surface area is 169 Å². The van der Waals surface area contributed by atoms with Gasteiger partial charge >= 0.3 is 0 Å². The predicted molar refractivity (Wildman–Crippen MR) is 115 cm³/mol. The van der Waals surface area contributed by atoms with E-state index in [0.717, 1.165) is 29.0 Å². The number of para-hydroxylation sites is 1. The zero-order chi connectivity index (χ0) is 19.8. The maximum Gasteiger partial charge on any atom is 0.250 e. The summed E-state index contributed by atoms with van der Waals surface area (Å²) in [5, 5.41) is 3.56. The van der Waals surface area contributed by atoms with E-state index in [9.17, 15) is 4.79 Å². The summed E-state index contributed by atoms with van der Waals surface area (Å²) in [5.41, 5.74) is 11.9. The normalized spacial score (nSPS) is 13.7. The van der Waals surface area contributed by atoms with Crippen molar-refractivity contribution in [2.24, 2.45) is 5.73 Å². The van der Waals surface area contributed by atoms with E-state index in [1.807, 2.05) is 18.2 Å². The van der Waals surface area contributed by atoms with E-state index in [1.54, 1.807) is 12.1 Å². The molecule has 0 radical (unpaired) electrons. The molecule has 0 spiro atoms. The van der Waals surface area contributed by atoms with E-state index in [-0.39, 0.29) is 0 Å². The molecule has 5 rings (SSSR count). The molecule has 29 heavy (non-hydrogen) atoms. The van der Waals surface area contributed by atoms with Gasteiger partial charge in [0.25, 0.3) is 5.91 Å². The highest BCUT2D eigenvalue weighted by Gasteiger charge is 2.19. The lowest BCUT2D eigenvalue weighted by atomic mass is 10.0. The number of amides is 1. The van der Waals surface area contributed by atoms with Crippen molar-refractivity contribution in [3.8, 4) is 22.5 Å². The van der Waals surface area contributed by atoms with Crippen LogP contribution in [0, 0.1) is 0 Å². The van der Waals surface area contributed by atoms with Crippen molar-refractivity contribution in [2.45, 2.75) is 25.4 Å². The number of nitrogens with zero attached hydrogens (tertiary/aromatic N) is 1. The van der Waals surface area contributed by atoms with Gasteiger partial charge in [-0.1, -0.05) is 48.5 Å². The number of primary amides is 1. The highest BCUT2D eigenvalue weighted by atomic mass is 16.1. The van der Waals surface area contributed by atoms with E-state index < -0.39 is 5.91 Å². The van der Waals surface area contributed by atoms with Crippen LogP contribution in [0.1, 0.15) is 28.8 Å². The molecule has 4 aromatic rings. The van der Waals surface area contributed by atoms with Crippen LogP contribution < -0.4 is 11.1 Å². The number of aromatic nitrogens is 2. The largest absolute Gasteiger partial charge is 0.366 e. The standard InChI is InChI=1S/C24H22N4O/c25-23(29)20-5-2-6-21-22(20)28-24(27-21)17-9-7-16(8-10-17)18-4-1-3-15(13-18)14-26-19-11-12-19/h1-10,13,19,26H,11-12,14H2,(H2,25,29)(H,27,28). The smallest absolute Gasteiger partial charge is 0.250 e. The minimum atomic E-state index is -0.472. The van der Waals surface area contributed by atoms with E-state index in [4.69, 9.17) is 5.73 Å². The Morgan fingerprint density at radius 3 is 2.52 bits per heavy atom. The number of nitrogens with two attached hydrogens (primary N) is 1. The first kappa shape index (κ1) is 17.6. The number of rotatable bonds is 6. The number of imidazole rings is 1. The fourth-order valence-corrected chi connectivity index (χ4v) is 3.60. The average Bonchev–Trinajstić information content (AvgIpc) is 3.48. The molecule has 0 bridgehead atoms. The van der Waals surface area contributed by atoms with Crippen LogP contribution in [-0.2, 0) is 6.54 Å². The van der Waals surface area contributed by atoms with Crippen molar-refractivity contribution in [2.75, 3.05) is 0 Å². The summed E-state index contributed by atoms with van der Waals surface area (Å²) in [6.45, 7) is 0.914. The summed E-state index contributed by atoms with van der Waals surface area (Å²) in [6.07, 6.45) is 2.59. The summed E-state index contributed by atoms with van der Waals surface area (Å²) >= 11 is 0. The Bertz CT molecular complexity index is 1190. The van der Waals surface area contributed by atoms with Crippen molar-refractivity contribution in [3.63, 3.8) is 0 Å². The third-order valence-electron chi connectivity index (χ3n) is 5.37. The number of H-pyrrole nitrogens is 1. The monoisotopic (exact) mass is 382 g/mol. The lowest BCUT2D eigenvalue weighted by Crippen LogP contribution is -2.15. The molecule has 1 fully saturated rings. The number of nitrogens with one attached hydrogen (secondary N) is 2. The van der Waals surface area contributed by atoms with Crippen LogP contribution in [0.3, 0.4) is 0 Å². The van der Waals surface area contributed by atoms with Crippen LogP contribution in [0.15, 0.2) is 66.7 Å². The molecule has 144 valence electrons. The molecular weight excluding hydrogens is 360 g/mol. The third-order valence-corrected chi connectivity index (χ3v) is 5.37. The first-order valence-corrected chi connectivity index (χ1v) is 9.89. The maximum atomic E-state index is 11.6. The summed E-state index contributed by atoms with van der Waals surface area (Å²) < 4.78 is 0. The molecule has 1 saturated carbocycles. The summed E-state index contributed by atoms with van der Waals surface area (Å²) in [5.74, 6) is 0.252. The minimum Gasteiger partial charge on any atom is -0.366 e. The van der Waals surface area contributed by atoms with Gasteiger partial charge in [-0.05, 0) is 47.7 Å². The zero-order valence-corrected chi connectivity index (χ0v) is 16.0. The van der Waals surface area contributed by atoms with Crippen LogP contribution >= 0.6 is 0 Å².